The van der Waals surface area contributed by atoms with E-state index in [0.717, 1.165) is 96.9 Å². The number of ether oxygens (including phenoxy) is 4. The first-order chi connectivity index (χ1) is 49.8. The lowest BCUT2D eigenvalue weighted by atomic mass is 9.76. The number of likely N-dealkylation sites (N-methyl/N-ethyl adjacent to an activating group) is 1. The third-order valence-corrected chi connectivity index (χ3v) is 23.4. The van der Waals surface area contributed by atoms with Crippen LogP contribution in [0.15, 0.2) is 109 Å². The van der Waals surface area contributed by atoms with Gasteiger partial charge in [0.15, 0.2) is 11.6 Å². The van der Waals surface area contributed by atoms with Gasteiger partial charge >= 0.3 is 0 Å². The lowest BCUT2D eigenvalue weighted by Crippen LogP contribution is -2.45. The van der Waals surface area contributed by atoms with Gasteiger partial charge in [0, 0.05) is 76.7 Å². The average Bonchev–Trinajstić information content (AvgIpc) is 1.60. The van der Waals surface area contributed by atoms with E-state index in [9.17, 15) is 0 Å². The van der Waals surface area contributed by atoms with Crippen LogP contribution in [-0.4, -0.2) is 95.5 Å². The number of nitrogens with zero attached hydrogens (tertiary/aromatic N) is 3. The van der Waals surface area contributed by atoms with E-state index in [1.165, 1.54) is 307 Å². The summed E-state index contributed by atoms with van der Waals surface area (Å²) in [7, 11) is 2.22. The summed E-state index contributed by atoms with van der Waals surface area (Å²) in [6, 6.07) is 0. The predicted molar refractivity (Wildman–Crippen MR) is 436 cm³/mol. The number of nitrogens with one attached hydrogen (secondary N) is 1. The van der Waals surface area contributed by atoms with E-state index in [-0.39, 0.29) is 30.2 Å². The monoisotopic (exact) mass is 1400 g/mol. The number of piperidine rings is 1. The van der Waals surface area contributed by atoms with Crippen LogP contribution in [0.2, 0.25) is 0 Å². The van der Waals surface area contributed by atoms with Crippen LogP contribution in [0.5, 0.6) is 0 Å². The van der Waals surface area contributed by atoms with Gasteiger partial charge in [0.1, 0.15) is 12.2 Å². The van der Waals surface area contributed by atoms with Crippen LogP contribution in [0.25, 0.3) is 0 Å². The van der Waals surface area contributed by atoms with Crippen LogP contribution in [-0.2, 0) is 25.4 Å². The maximum Gasteiger partial charge on any atom is 0.169 e. The molecule has 4 aliphatic heterocycles. The Bertz CT molecular complexity index is 2390. The molecule has 1 aromatic rings. The highest BCUT2D eigenvalue weighted by molar-refractivity contribution is 5.34. The molecule has 101 heavy (non-hydrogen) atoms. The first-order valence-corrected chi connectivity index (χ1v) is 44.2. The molecule has 1 aromatic heterocycles. The van der Waals surface area contributed by atoms with Crippen molar-refractivity contribution in [3.8, 4) is 0 Å². The fraction of sp³-hybridized carbons (Fsp3) is 0.796. The van der Waals surface area contributed by atoms with E-state index in [1.807, 2.05) is 6.20 Å². The van der Waals surface area contributed by atoms with Crippen molar-refractivity contribution in [3.63, 3.8) is 0 Å². The first-order valence-electron chi connectivity index (χ1n) is 44.2. The SMILES string of the molecule is CCCCCC=CCC=CCCCCCCCCC1(CCCCCCCCC=C(CC=CCCCCC)C(=CCCCCCCCCC2(CCCCCCCCC=CCC=CCCCCC)OC3CCN(CCc4cnc[nH]4)CC3O2)CC=CCCCCC)CCC2(C1)OC1CN(C)CC1O2. The zero-order valence-corrected chi connectivity index (χ0v) is 66.9. The van der Waals surface area contributed by atoms with Crippen LogP contribution < -0.4 is 0 Å². The van der Waals surface area contributed by atoms with Crippen molar-refractivity contribution in [2.24, 2.45) is 5.41 Å². The van der Waals surface area contributed by atoms with Gasteiger partial charge in [-0.2, -0.15) is 0 Å². The molecule has 0 aromatic carbocycles. The molecular formula is C93H160N4O4. The van der Waals surface area contributed by atoms with E-state index < -0.39 is 5.79 Å². The molecule has 6 rings (SSSR count). The first kappa shape index (κ1) is 86.8. The lowest BCUT2D eigenvalue weighted by Gasteiger charge is -2.32. The Labute approximate surface area is 624 Å². The quantitative estimate of drug-likeness (QED) is 0.0396. The zero-order chi connectivity index (χ0) is 71.1. The summed E-state index contributed by atoms with van der Waals surface area (Å²) in [6.45, 7) is 14.4. The molecule has 576 valence electrons. The minimum absolute atomic E-state index is 0.184. The van der Waals surface area contributed by atoms with E-state index in [4.69, 9.17) is 18.9 Å². The predicted octanol–water partition coefficient (Wildman–Crippen LogP) is 27.3. The van der Waals surface area contributed by atoms with Crippen LogP contribution in [0.1, 0.15) is 393 Å². The summed E-state index contributed by atoms with van der Waals surface area (Å²) < 4.78 is 28.0. The van der Waals surface area contributed by atoms with E-state index >= 15 is 0 Å². The number of hydrogen-bond donors (Lipinski definition) is 1. The smallest absolute Gasteiger partial charge is 0.169 e. The van der Waals surface area contributed by atoms with Gasteiger partial charge in [-0.1, -0.05) is 280 Å². The Kier molecular flexibility index (Phi) is 48.3. The number of unbranched alkanes of at least 4 members (excludes halogenated alkanes) is 36. The molecule has 1 aliphatic carbocycles. The summed E-state index contributed by atoms with van der Waals surface area (Å²) in [5, 5.41) is 0. The molecule has 5 fully saturated rings. The van der Waals surface area contributed by atoms with Gasteiger partial charge < -0.3 is 33.7 Å². The second-order valence-corrected chi connectivity index (χ2v) is 32.6. The van der Waals surface area contributed by atoms with Gasteiger partial charge in [-0.15, -0.1) is 0 Å². The number of aromatic amines is 1. The van der Waals surface area contributed by atoms with Gasteiger partial charge in [-0.25, -0.2) is 4.98 Å². The van der Waals surface area contributed by atoms with Crippen molar-refractivity contribution in [1.29, 1.82) is 0 Å². The number of rotatable bonds is 64. The number of allylic oxidation sites excluding steroid dienone is 16. The topological polar surface area (TPSA) is 72.1 Å². The second-order valence-electron chi connectivity index (χ2n) is 32.6. The highest BCUT2D eigenvalue weighted by Gasteiger charge is 2.57. The summed E-state index contributed by atoms with van der Waals surface area (Å²) >= 11 is 0. The fourth-order valence-electron chi connectivity index (χ4n) is 17.1. The molecule has 6 unspecified atom stereocenters. The van der Waals surface area contributed by atoms with Crippen LogP contribution >= 0.6 is 0 Å². The highest BCUT2D eigenvalue weighted by atomic mass is 16.8. The zero-order valence-electron chi connectivity index (χ0n) is 66.9. The normalized spacial score (nSPS) is 23.9. The maximum absolute atomic E-state index is 7.15. The van der Waals surface area contributed by atoms with E-state index in [2.05, 4.69) is 140 Å². The van der Waals surface area contributed by atoms with E-state index in [1.54, 1.807) is 17.5 Å². The Morgan fingerprint density at radius 2 is 0.812 bits per heavy atom. The Balaban J connectivity index is 0.927. The molecule has 8 nitrogen and oxygen atoms in total. The second kappa shape index (κ2) is 56.2. The Morgan fingerprint density at radius 1 is 0.426 bits per heavy atom. The lowest BCUT2D eigenvalue weighted by molar-refractivity contribution is -0.185. The van der Waals surface area contributed by atoms with E-state index in [0.29, 0.717) is 5.41 Å². The Hall–Kier alpha value is -3.11. The third-order valence-electron chi connectivity index (χ3n) is 23.4. The van der Waals surface area contributed by atoms with Crippen molar-refractivity contribution in [2.45, 2.75) is 430 Å². The van der Waals surface area contributed by atoms with Crippen molar-refractivity contribution < 1.29 is 18.9 Å². The number of hydrogen-bond acceptors (Lipinski definition) is 7. The molecule has 8 heteroatoms. The molecule has 5 aliphatic rings. The number of fused-ring (bicyclic) bond motifs is 2. The van der Waals surface area contributed by atoms with Crippen LogP contribution in [0.4, 0.5) is 0 Å². The van der Waals surface area contributed by atoms with Gasteiger partial charge in [0.2, 0.25) is 0 Å². The molecule has 0 bridgehead atoms. The number of H-pyrrole nitrogens is 1. The van der Waals surface area contributed by atoms with Crippen LogP contribution in [0, 0.1) is 5.41 Å². The van der Waals surface area contributed by atoms with Crippen molar-refractivity contribution in [2.75, 3.05) is 39.8 Å². The van der Waals surface area contributed by atoms with Crippen molar-refractivity contribution in [1.82, 2.24) is 19.8 Å². The number of imidazole rings is 1. The molecule has 1 N–H and O–H groups in total. The maximum atomic E-state index is 7.15. The summed E-state index contributed by atoms with van der Waals surface area (Å²) in [6.07, 6.45) is 111. The summed E-state index contributed by atoms with van der Waals surface area (Å²) in [5.41, 5.74) is 4.81. The largest absolute Gasteiger partial charge is 0.348 e. The molecule has 0 radical (unpaired) electrons. The van der Waals surface area contributed by atoms with Gasteiger partial charge in [-0.05, 0) is 191 Å². The minimum Gasteiger partial charge on any atom is -0.348 e. The average molecular weight is 1400 g/mol. The van der Waals surface area contributed by atoms with Gasteiger partial charge in [0.05, 0.1) is 18.5 Å². The van der Waals surface area contributed by atoms with Crippen molar-refractivity contribution >= 4 is 0 Å². The van der Waals surface area contributed by atoms with Crippen LogP contribution in [0.3, 0.4) is 0 Å². The number of likely N-dealkylation sites (tertiary alicyclic amines) is 2. The molecular weight excluding hydrogens is 1240 g/mol. The molecule has 5 heterocycles. The Morgan fingerprint density at radius 3 is 1.25 bits per heavy atom. The van der Waals surface area contributed by atoms with Crippen molar-refractivity contribution in [3.05, 3.63) is 114 Å². The standard InChI is InChI=1S/C93H160N4O4/c1-6-10-14-18-22-24-26-28-30-32-34-36-38-44-52-60-70-91(74-75-93(82-91)100-88-79-96(5)80-89(88)101-93)71-61-53-45-40-42-50-58-66-84(64-56-48-20-16-12-8-3)85(65-57-49-21-17-13-9-4)67-59-51-43-41-47-55-63-73-92(72-62-54-46-39-37-35-33-31-29-27-25-23-19-15-11-7-2)98-87-69-77-97(81-90(87)99-92)76-68-86-78-94-83-95-86/h22-25,28-31,48-49,56-57,66-67,78,83,87-90H,6-21,26-27,32-47,50-55,58-65,68-77,79-82H2,1-5H3,(H,94,95). The molecule has 1 spiro atoms. The van der Waals surface area contributed by atoms with Gasteiger partial charge in [-0.3, -0.25) is 0 Å². The molecule has 0 amide bonds. The molecule has 4 saturated heterocycles. The fourth-order valence-corrected chi connectivity index (χ4v) is 17.1. The molecule has 1 saturated carbocycles. The summed E-state index contributed by atoms with van der Waals surface area (Å²) in [5.74, 6) is -0.717. The number of aromatic nitrogens is 2. The summed E-state index contributed by atoms with van der Waals surface area (Å²) in [4.78, 5) is 12.6. The highest BCUT2D eigenvalue weighted by Crippen LogP contribution is 2.56. The third kappa shape index (κ3) is 38.3. The minimum atomic E-state index is -0.406. The molecule has 6 atom stereocenters. The van der Waals surface area contributed by atoms with Gasteiger partial charge in [0.25, 0.3) is 0 Å².